The molecule has 0 spiro atoms. The molecule has 1 aliphatic rings. The lowest BCUT2D eigenvalue weighted by molar-refractivity contribution is -0.117. The topological polar surface area (TPSA) is 61.4 Å². The van der Waals surface area contributed by atoms with Crippen molar-refractivity contribution in [3.63, 3.8) is 0 Å². The highest BCUT2D eigenvalue weighted by atomic mass is 16.2. The van der Waals surface area contributed by atoms with Crippen LogP contribution >= 0.6 is 0 Å². The van der Waals surface area contributed by atoms with Crippen LogP contribution in [0.25, 0.3) is 0 Å². The normalized spacial score (nSPS) is 15.9. The lowest BCUT2D eigenvalue weighted by atomic mass is 10.0. The van der Waals surface area contributed by atoms with Gasteiger partial charge in [-0.05, 0) is 55.6 Å². The van der Waals surface area contributed by atoms with Gasteiger partial charge in [-0.1, -0.05) is 48.5 Å². The predicted molar refractivity (Wildman–Crippen MR) is 124 cm³/mol. The number of carbonyl (C=O) groups excluding carboxylic acids is 1. The van der Waals surface area contributed by atoms with E-state index in [0.29, 0.717) is 12.6 Å². The summed E-state index contributed by atoms with van der Waals surface area (Å²) in [7, 11) is 2.00. The lowest BCUT2D eigenvalue weighted by Crippen LogP contribution is -2.42. The predicted octanol–water partition coefficient (Wildman–Crippen LogP) is 3.61. The summed E-state index contributed by atoms with van der Waals surface area (Å²) in [5, 5.41) is 11.4. The maximum absolute atomic E-state index is 12.8. The van der Waals surface area contributed by atoms with Crippen molar-refractivity contribution in [3.05, 3.63) is 84.1 Å². The van der Waals surface area contributed by atoms with Crippen molar-refractivity contribution in [1.82, 2.24) is 15.1 Å². The summed E-state index contributed by atoms with van der Waals surface area (Å²) in [6.07, 6.45) is 4.72. The molecule has 1 atom stereocenters. The van der Waals surface area contributed by atoms with Gasteiger partial charge in [-0.2, -0.15) is 5.10 Å². The number of aromatic nitrogens is 2. The van der Waals surface area contributed by atoms with Crippen LogP contribution < -0.4 is 10.2 Å². The third-order valence-electron chi connectivity index (χ3n) is 5.69. The molecule has 31 heavy (non-hydrogen) atoms. The molecule has 1 amide bonds. The maximum atomic E-state index is 12.8. The number of rotatable bonds is 8. The minimum atomic E-state index is 0.00654. The van der Waals surface area contributed by atoms with E-state index in [4.69, 9.17) is 0 Å². The molecule has 6 heteroatoms. The van der Waals surface area contributed by atoms with Crippen LogP contribution in [0.2, 0.25) is 0 Å². The number of hydrogen-bond acceptors (Lipinski definition) is 5. The quantitative estimate of drug-likeness (QED) is 0.609. The number of nitrogens with one attached hydrogen (secondary N) is 1. The molecule has 1 aromatic heterocycles. The van der Waals surface area contributed by atoms with Gasteiger partial charge in [0.1, 0.15) is 0 Å². The largest absolute Gasteiger partial charge is 0.351 e. The maximum Gasteiger partial charge on any atom is 0.238 e. The van der Waals surface area contributed by atoms with E-state index in [0.717, 1.165) is 49.4 Å². The van der Waals surface area contributed by atoms with Gasteiger partial charge >= 0.3 is 0 Å². The smallest absolute Gasteiger partial charge is 0.238 e. The second-order valence-electron chi connectivity index (χ2n) is 8.14. The first-order valence-electron chi connectivity index (χ1n) is 10.8. The molecule has 0 saturated carbocycles. The van der Waals surface area contributed by atoms with Crippen molar-refractivity contribution in [3.8, 4) is 0 Å². The monoisotopic (exact) mass is 415 g/mol. The van der Waals surface area contributed by atoms with Crippen LogP contribution in [0.3, 0.4) is 0 Å². The van der Waals surface area contributed by atoms with Crippen LogP contribution in [0.5, 0.6) is 0 Å². The molecule has 3 aromatic rings. The van der Waals surface area contributed by atoms with E-state index in [1.807, 2.05) is 55.6 Å². The van der Waals surface area contributed by atoms with Gasteiger partial charge in [0.05, 0.1) is 6.54 Å². The van der Waals surface area contributed by atoms with E-state index in [-0.39, 0.29) is 5.91 Å². The van der Waals surface area contributed by atoms with Crippen LogP contribution in [0, 0.1) is 0 Å². The fourth-order valence-corrected chi connectivity index (χ4v) is 4.25. The highest BCUT2D eigenvalue weighted by Gasteiger charge is 2.27. The van der Waals surface area contributed by atoms with E-state index in [1.54, 1.807) is 6.20 Å². The summed E-state index contributed by atoms with van der Waals surface area (Å²) in [6.45, 7) is 2.15. The molecular weight excluding hydrogens is 386 g/mol. The number of anilines is 2. The number of benzene rings is 2. The number of carbonyl (C=O) groups is 1. The zero-order chi connectivity index (χ0) is 21.5. The molecule has 0 bridgehead atoms. The third kappa shape index (κ3) is 5.67. The van der Waals surface area contributed by atoms with Gasteiger partial charge < -0.3 is 10.2 Å². The number of nitrogens with zero attached hydrogens (tertiary/aromatic N) is 4. The van der Waals surface area contributed by atoms with Crippen LogP contribution in [0.15, 0.2) is 72.9 Å². The molecule has 0 aliphatic carbocycles. The summed E-state index contributed by atoms with van der Waals surface area (Å²) in [5.74, 6) is 0.921. The molecule has 4 rings (SSSR count). The highest BCUT2D eigenvalue weighted by molar-refractivity contribution is 5.93. The van der Waals surface area contributed by atoms with Crippen molar-refractivity contribution in [1.29, 1.82) is 0 Å². The van der Waals surface area contributed by atoms with Crippen LogP contribution in [0.1, 0.15) is 24.0 Å². The van der Waals surface area contributed by atoms with E-state index in [2.05, 4.69) is 43.5 Å². The van der Waals surface area contributed by atoms with Crippen LogP contribution in [-0.2, 0) is 11.2 Å². The Morgan fingerprint density at radius 2 is 1.90 bits per heavy atom. The van der Waals surface area contributed by atoms with Crippen molar-refractivity contribution in [2.45, 2.75) is 25.3 Å². The fourth-order valence-electron chi connectivity index (χ4n) is 4.25. The SMILES string of the molecule is CN(CC(=O)Nc1ccccc1Cc1ccccc1)CC1CCCN1c1cccnn1. The van der Waals surface area contributed by atoms with Crippen molar-refractivity contribution in [2.75, 3.05) is 36.9 Å². The minimum Gasteiger partial charge on any atom is -0.351 e. The van der Waals surface area contributed by atoms with Gasteiger partial charge in [-0.15, -0.1) is 5.10 Å². The fraction of sp³-hybridized carbons (Fsp3) is 0.320. The average molecular weight is 416 g/mol. The molecule has 1 aliphatic heterocycles. The van der Waals surface area contributed by atoms with E-state index in [9.17, 15) is 4.79 Å². The molecule has 1 saturated heterocycles. The first kappa shape index (κ1) is 21.0. The average Bonchev–Trinajstić information content (AvgIpc) is 3.24. The first-order chi connectivity index (χ1) is 15.2. The number of para-hydroxylation sites is 1. The zero-order valence-electron chi connectivity index (χ0n) is 17.9. The Labute approximate surface area is 183 Å². The van der Waals surface area contributed by atoms with Gasteiger partial charge in [0.2, 0.25) is 5.91 Å². The number of likely N-dealkylation sites (N-methyl/N-ethyl adjacent to an activating group) is 1. The van der Waals surface area contributed by atoms with Crippen molar-refractivity contribution >= 4 is 17.4 Å². The zero-order valence-corrected chi connectivity index (χ0v) is 17.9. The summed E-state index contributed by atoms with van der Waals surface area (Å²) < 4.78 is 0. The second-order valence-corrected chi connectivity index (χ2v) is 8.14. The Bertz CT molecular complexity index is 979. The number of hydrogen-bond donors (Lipinski definition) is 1. The Hall–Kier alpha value is -3.25. The second kappa shape index (κ2) is 10.2. The number of amides is 1. The molecular formula is C25H29N5O. The molecule has 0 radical (unpaired) electrons. The van der Waals surface area contributed by atoms with Gasteiger partial charge in [-0.25, -0.2) is 0 Å². The van der Waals surface area contributed by atoms with Gasteiger partial charge in [0.25, 0.3) is 0 Å². The Balaban J connectivity index is 1.34. The van der Waals surface area contributed by atoms with Gasteiger partial charge in [0.15, 0.2) is 5.82 Å². The minimum absolute atomic E-state index is 0.00654. The Morgan fingerprint density at radius 3 is 2.71 bits per heavy atom. The first-order valence-corrected chi connectivity index (χ1v) is 10.8. The molecule has 1 N–H and O–H groups in total. The molecule has 6 nitrogen and oxygen atoms in total. The van der Waals surface area contributed by atoms with Crippen LogP contribution in [0.4, 0.5) is 11.5 Å². The third-order valence-corrected chi connectivity index (χ3v) is 5.69. The van der Waals surface area contributed by atoms with E-state index < -0.39 is 0 Å². The standard InChI is InChI=1S/C25H29N5O/c1-29(18-22-12-8-16-30(22)24-14-7-15-26-28-24)19-25(31)27-23-13-6-5-11-21(23)17-20-9-3-2-4-10-20/h2-7,9-11,13-15,22H,8,12,16-19H2,1H3,(H,27,31). The van der Waals surface area contributed by atoms with Crippen molar-refractivity contribution in [2.24, 2.45) is 0 Å². The summed E-state index contributed by atoms with van der Waals surface area (Å²) in [5.41, 5.74) is 3.23. The molecule has 160 valence electrons. The van der Waals surface area contributed by atoms with E-state index in [1.165, 1.54) is 5.56 Å². The summed E-state index contributed by atoms with van der Waals surface area (Å²) in [4.78, 5) is 17.2. The van der Waals surface area contributed by atoms with Gasteiger partial charge in [-0.3, -0.25) is 9.69 Å². The molecule has 2 aromatic carbocycles. The Morgan fingerprint density at radius 1 is 1.10 bits per heavy atom. The molecule has 1 fully saturated rings. The Kier molecular flexibility index (Phi) is 6.89. The molecule has 1 unspecified atom stereocenters. The highest BCUT2D eigenvalue weighted by Crippen LogP contribution is 2.24. The van der Waals surface area contributed by atoms with Crippen LogP contribution in [-0.4, -0.2) is 53.7 Å². The summed E-state index contributed by atoms with van der Waals surface area (Å²) >= 11 is 0. The summed E-state index contributed by atoms with van der Waals surface area (Å²) in [6, 6.07) is 22.6. The van der Waals surface area contributed by atoms with Gasteiger partial charge in [0, 0.05) is 31.0 Å². The van der Waals surface area contributed by atoms with E-state index >= 15 is 0 Å². The molecule has 2 heterocycles. The lowest BCUT2D eigenvalue weighted by Gasteiger charge is -2.29. The van der Waals surface area contributed by atoms with Crippen molar-refractivity contribution < 1.29 is 4.79 Å².